The van der Waals surface area contributed by atoms with E-state index in [-0.39, 0.29) is 5.41 Å². The number of fused-ring (bicyclic) bond motifs is 5. The first kappa shape index (κ1) is 23.2. The highest BCUT2D eigenvalue weighted by molar-refractivity contribution is 5.87. The first-order valence-electron chi connectivity index (χ1n) is 14.3. The standard InChI is InChI=1S/C30H41N3O2/c1-30-14-13-26-25-12-10-24(34)17-21(25)9-11-27(26)29(30)22(18-28(30)35)8-5-15-33-19-23(31-32-33)16-20-6-3-2-4-7-20/h10,12,17,19-20,22,26-27,29,34H,2-9,11,13-16,18H2,1H3/t22-,26-,27?,29+,30-/m1/s1. The number of ketones is 1. The van der Waals surface area contributed by atoms with Gasteiger partial charge in [-0.2, -0.15) is 0 Å². The number of aromatic nitrogens is 3. The summed E-state index contributed by atoms with van der Waals surface area (Å²) in [4.78, 5) is 13.3. The quantitative estimate of drug-likeness (QED) is 0.537. The van der Waals surface area contributed by atoms with E-state index >= 15 is 0 Å². The van der Waals surface area contributed by atoms with Gasteiger partial charge in [0, 0.05) is 24.6 Å². The van der Waals surface area contributed by atoms with Gasteiger partial charge in [0.15, 0.2) is 0 Å². The van der Waals surface area contributed by atoms with Crippen LogP contribution in [-0.4, -0.2) is 25.9 Å². The second kappa shape index (κ2) is 9.37. The van der Waals surface area contributed by atoms with Crippen molar-refractivity contribution in [2.75, 3.05) is 0 Å². The number of aromatic hydroxyl groups is 1. The molecule has 1 aromatic heterocycles. The smallest absolute Gasteiger partial charge is 0.139 e. The van der Waals surface area contributed by atoms with E-state index in [0.29, 0.717) is 35.2 Å². The van der Waals surface area contributed by atoms with Gasteiger partial charge < -0.3 is 5.11 Å². The van der Waals surface area contributed by atoms with Crippen LogP contribution in [0, 0.1) is 29.1 Å². The molecule has 1 aromatic carbocycles. The molecule has 1 unspecified atom stereocenters. The van der Waals surface area contributed by atoms with Gasteiger partial charge in [-0.15, -0.1) is 5.10 Å². The molecule has 1 heterocycles. The first-order chi connectivity index (χ1) is 17.0. The molecule has 0 bridgehead atoms. The highest BCUT2D eigenvalue weighted by Crippen LogP contribution is 2.62. The van der Waals surface area contributed by atoms with Crippen LogP contribution in [0.1, 0.15) is 100 Å². The van der Waals surface area contributed by atoms with Crippen LogP contribution in [0.5, 0.6) is 5.75 Å². The number of phenols is 1. The Morgan fingerprint density at radius 2 is 2.00 bits per heavy atom. The average Bonchev–Trinajstić information content (AvgIpc) is 3.40. The largest absolute Gasteiger partial charge is 0.508 e. The zero-order valence-electron chi connectivity index (χ0n) is 21.3. The molecule has 0 saturated heterocycles. The van der Waals surface area contributed by atoms with Crippen molar-refractivity contribution < 1.29 is 9.90 Å². The van der Waals surface area contributed by atoms with Crippen molar-refractivity contribution in [3.05, 3.63) is 41.2 Å². The van der Waals surface area contributed by atoms with Crippen molar-refractivity contribution in [3.8, 4) is 5.75 Å². The monoisotopic (exact) mass is 475 g/mol. The van der Waals surface area contributed by atoms with Gasteiger partial charge in [-0.1, -0.05) is 50.3 Å². The van der Waals surface area contributed by atoms with Gasteiger partial charge in [0.05, 0.1) is 5.69 Å². The molecule has 0 spiro atoms. The topological polar surface area (TPSA) is 68.0 Å². The zero-order valence-corrected chi connectivity index (χ0v) is 21.3. The summed E-state index contributed by atoms with van der Waals surface area (Å²) in [6.45, 7) is 3.18. The molecule has 35 heavy (non-hydrogen) atoms. The van der Waals surface area contributed by atoms with Gasteiger partial charge in [-0.3, -0.25) is 9.48 Å². The lowest BCUT2D eigenvalue weighted by Gasteiger charge is -2.50. The Labute approximate surface area is 209 Å². The molecule has 3 saturated carbocycles. The second-order valence-electron chi connectivity index (χ2n) is 12.4. The van der Waals surface area contributed by atoms with Gasteiger partial charge in [0.1, 0.15) is 11.5 Å². The van der Waals surface area contributed by atoms with E-state index in [9.17, 15) is 9.90 Å². The van der Waals surface area contributed by atoms with E-state index in [1.54, 1.807) is 0 Å². The van der Waals surface area contributed by atoms with E-state index < -0.39 is 0 Å². The Hall–Kier alpha value is -2.17. The van der Waals surface area contributed by atoms with E-state index in [4.69, 9.17) is 0 Å². The predicted octanol–water partition coefficient (Wildman–Crippen LogP) is 6.24. The van der Waals surface area contributed by atoms with Gasteiger partial charge in [0.25, 0.3) is 0 Å². The van der Waals surface area contributed by atoms with E-state index in [1.165, 1.54) is 43.2 Å². The van der Waals surface area contributed by atoms with E-state index in [1.807, 2.05) is 16.8 Å². The summed E-state index contributed by atoms with van der Waals surface area (Å²) < 4.78 is 2.04. The molecule has 0 aliphatic heterocycles. The van der Waals surface area contributed by atoms with Crippen molar-refractivity contribution in [1.82, 2.24) is 15.0 Å². The van der Waals surface area contributed by atoms with Crippen molar-refractivity contribution >= 4 is 5.78 Å². The van der Waals surface area contributed by atoms with Crippen molar-refractivity contribution in [2.45, 2.75) is 103 Å². The van der Waals surface area contributed by atoms with Crippen LogP contribution in [0.15, 0.2) is 24.4 Å². The molecule has 5 atom stereocenters. The molecule has 3 fully saturated rings. The van der Waals surface area contributed by atoms with Crippen molar-refractivity contribution in [1.29, 1.82) is 0 Å². The lowest BCUT2D eigenvalue weighted by Crippen LogP contribution is -2.44. The van der Waals surface area contributed by atoms with Gasteiger partial charge in [-0.25, -0.2) is 0 Å². The fourth-order valence-corrected chi connectivity index (χ4v) is 8.64. The molecule has 5 nitrogen and oxygen atoms in total. The van der Waals surface area contributed by atoms with Crippen LogP contribution in [0.3, 0.4) is 0 Å². The Morgan fingerprint density at radius 1 is 1.14 bits per heavy atom. The molecule has 188 valence electrons. The number of Topliss-reactive ketones (excluding diaryl/α,β-unsaturated/α-hetero) is 1. The highest BCUT2D eigenvalue weighted by atomic mass is 16.3. The number of hydrogen-bond acceptors (Lipinski definition) is 4. The Bertz CT molecular complexity index is 1070. The van der Waals surface area contributed by atoms with Crippen LogP contribution in [0.25, 0.3) is 0 Å². The SMILES string of the molecule is C[C@]12CC[C@@H]3c4ccc(O)cc4CCC3[C@@H]1[C@H](CCCn1cc(CC3CCCCC3)nn1)CC2=O. The van der Waals surface area contributed by atoms with Crippen LogP contribution in [0.2, 0.25) is 0 Å². The molecule has 0 amide bonds. The lowest BCUT2D eigenvalue weighted by atomic mass is 9.54. The maximum absolute atomic E-state index is 13.3. The van der Waals surface area contributed by atoms with Gasteiger partial charge in [0.2, 0.25) is 0 Å². The molecule has 4 aliphatic rings. The Kier molecular flexibility index (Phi) is 6.22. The second-order valence-corrected chi connectivity index (χ2v) is 12.4. The normalized spacial score (nSPS) is 32.8. The lowest BCUT2D eigenvalue weighted by molar-refractivity contribution is -0.129. The maximum Gasteiger partial charge on any atom is 0.139 e. The number of nitrogens with zero attached hydrogens (tertiary/aromatic N) is 3. The number of carbonyl (C=O) groups is 1. The van der Waals surface area contributed by atoms with Crippen LogP contribution < -0.4 is 0 Å². The minimum absolute atomic E-state index is 0.138. The number of phenolic OH excluding ortho intramolecular Hbond substituents is 1. The fourth-order valence-electron chi connectivity index (χ4n) is 8.64. The zero-order chi connectivity index (χ0) is 24.0. The molecule has 2 aromatic rings. The molecule has 4 aliphatic carbocycles. The molecule has 6 rings (SSSR count). The summed E-state index contributed by atoms with van der Waals surface area (Å²) >= 11 is 0. The molecular formula is C30H41N3O2. The Morgan fingerprint density at radius 3 is 2.86 bits per heavy atom. The third-order valence-electron chi connectivity index (χ3n) is 10.3. The molecular weight excluding hydrogens is 434 g/mol. The van der Waals surface area contributed by atoms with Crippen LogP contribution in [0.4, 0.5) is 0 Å². The van der Waals surface area contributed by atoms with Crippen LogP contribution >= 0.6 is 0 Å². The van der Waals surface area contributed by atoms with Gasteiger partial charge in [-0.05, 0) is 97.8 Å². The summed E-state index contributed by atoms with van der Waals surface area (Å²) in [6.07, 6.45) is 17.3. The maximum atomic E-state index is 13.3. The number of benzene rings is 1. The summed E-state index contributed by atoms with van der Waals surface area (Å²) in [6, 6.07) is 5.98. The third kappa shape index (κ3) is 4.34. The highest BCUT2D eigenvalue weighted by Gasteiger charge is 2.58. The number of hydrogen-bond donors (Lipinski definition) is 1. The molecule has 5 heteroatoms. The minimum Gasteiger partial charge on any atom is -0.508 e. The molecule has 1 N–H and O–H groups in total. The van der Waals surface area contributed by atoms with Crippen LogP contribution in [-0.2, 0) is 24.2 Å². The van der Waals surface area contributed by atoms with Crippen molar-refractivity contribution in [3.63, 3.8) is 0 Å². The first-order valence-corrected chi connectivity index (χ1v) is 14.3. The summed E-state index contributed by atoms with van der Waals surface area (Å²) in [7, 11) is 0. The number of carbonyl (C=O) groups excluding carboxylic acids is 1. The van der Waals surface area contributed by atoms with E-state index in [2.05, 4.69) is 29.5 Å². The Balaban J connectivity index is 1.11. The summed E-state index contributed by atoms with van der Waals surface area (Å²) in [5.41, 5.74) is 3.78. The summed E-state index contributed by atoms with van der Waals surface area (Å²) in [5, 5.41) is 18.9. The van der Waals surface area contributed by atoms with Gasteiger partial charge >= 0.3 is 0 Å². The van der Waals surface area contributed by atoms with E-state index in [0.717, 1.165) is 69.5 Å². The number of rotatable bonds is 6. The molecule has 0 radical (unpaired) electrons. The average molecular weight is 476 g/mol. The van der Waals surface area contributed by atoms with Crippen molar-refractivity contribution in [2.24, 2.45) is 29.1 Å². The predicted molar refractivity (Wildman–Crippen MR) is 136 cm³/mol. The fraction of sp³-hybridized carbons (Fsp3) is 0.700. The summed E-state index contributed by atoms with van der Waals surface area (Å²) in [5.74, 6) is 3.81. The third-order valence-corrected chi connectivity index (χ3v) is 10.3. The number of aryl methyl sites for hydroxylation is 2. The minimum atomic E-state index is -0.138.